The Morgan fingerprint density at radius 3 is 2.51 bits per heavy atom. The summed E-state index contributed by atoms with van der Waals surface area (Å²) in [4.78, 5) is 24.8. The van der Waals surface area contributed by atoms with E-state index in [1.165, 1.54) is 4.57 Å². The van der Waals surface area contributed by atoms with Crippen LogP contribution in [-0.4, -0.2) is 71.2 Å². The number of rotatable bonds is 6. The zero-order valence-electron chi connectivity index (χ0n) is 24.6. The molecule has 2 N–H and O–H groups in total. The number of aromatic nitrogens is 3. The number of nitrogens with zero attached hydrogens (tertiary/aromatic N) is 5. The number of hydrogen-bond acceptors (Lipinski definition) is 8. The lowest BCUT2D eigenvalue weighted by atomic mass is 9.99. The average Bonchev–Trinajstić information content (AvgIpc) is 3.34. The number of pyridine rings is 1. The molecule has 224 valence electrons. The summed E-state index contributed by atoms with van der Waals surface area (Å²) in [5.41, 5.74) is 0.180. The maximum absolute atomic E-state index is 13.8. The van der Waals surface area contributed by atoms with E-state index in [-0.39, 0.29) is 17.2 Å². The molecule has 11 heteroatoms. The van der Waals surface area contributed by atoms with Crippen LogP contribution >= 0.6 is 0 Å². The van der Waals surface area contributed by atoms with Gasteiger partial charge in [0.2, 0.25) is 16.0 Å². The summed E-state index contributed by atoms with van der Waals surface area (Å²) in [6.45, 7) is 2.43. The molecule has 4 aromatic rings. The second-order valence-electron chi connectivity index (χ2n) is 12.0. The molecule has 0 unspecified atom stereocenters. The maximum atomic E-state index is 13.8. The van der Waals surface area contributed by atoms with Crippen LogP contribution in [0.3, 0.4) is 0 Å². The molecule has 1 aliphatic carbocycles. The van der Waals surface area contributed by atoms with E-state index < -0.39 is 21.7 Å². The lowest BCUT2D eigenvalue weighted by molar-refractivity contribution is 0.0266. The fourth-order valence-electron chi connectivity index (χ4n) is 6.56. The van der Waals surface area contributed by atoms with Crippen LogP contribution in [0.2, 0.25) is 0 Å². The number of benzene rings is 2. The standard InChI is InChI=1S/C32H36N6O4S/c1-5-21-19-22-20-33-31(35-29(22)38(30(21)39)28-13-8-16-32(28,2)40)34-23-14-17-37(18-15-23)43(41,42)27-12-7-9-24-25(27)10-6-11-26(24)36(3)4/h1,6-7,9-12,19-20,23,28,40H,8,13-18H2,2-4H3,(H,33,34,35)/t28-,32-/m1/s1. The van der Waals surface area contributed by atoms with Crippen molar-refractivity contribution >= 4 is 43.5 Å². The van der Waals surface area contributed by atoms with Gasteiger partial charge in [-0.25, -0.2) is 13.4 Å². The van der Waals surface area contributed by atoms with E-state index in [9.17, 15) is 18.3 Å². The molecular formula is C32H36N6O4S. The highest BCUT2D eigenvalue weighted by Gasteiger charge is 2.40. The quantitative estimate of drug-likeness (QED) is 0.321. The van der Waals surface area contributed by atoms with Gasteiger partial charge in [-0.2, -0.15) is 9.29 Å². The van der Waals surface area contributed by atoms with E-state index in [0.717, 1.165) is 17.5 Å². The molecule has 43 heavy (non-hydrogen) atoms. The lowest BCUT2D eigenvalue weighted by Gasteiger charge is -2.32. The predicted octanol–water partition coefficient (Wildman–Crippen LogP) is 3.73. The van der Waals surface area contributed by atoms with Gasteiger partial charge in [0.25, 0.3) is 5.56 Å². The zero-order valence-corrected chi connectivity index (χ0v) is 25.4. The third-order valence-corrected chi connectivity index (χ3v) is 10.8. The van der Waals surface area contributed by atoms with Crippen molar-refractivity contribution in [3.05, 3.63) is 64.6 Å². The smallest absolute Gasteiger partial charge is 0.268 e. The van der Waals surface area contributed by atoms with Gasteiger partial charge >= 0.3 is 0 Å². The molecule has 2 atom stereocenters. The summed E-state index contributed by atoms with van der Waals surface area (Å²) in [7, 11) is 0.171. The number of aliphatic hydroxyl groups is 1. The lowest BCUT2D eigenvalue weighted by Crippen LogP contribution is -2.42. The minimum atomic E-state index is -3.72. The molecule has 2 aromatic heterocycles. The van der Waals surface area contributed by atoms with Crippen molar-refractivity contribution in [1.29, 1.82) is 0 Å². The molecule has 0 spiro atoms. The minimum Gasteiger partial charge on any atom is -0.388 e. The van der Waals surface area contributed by atoms with Gasteiger partial charge in [0.15, 0.2) is 0 Å². The molecule has 6 rings (SSSR count). The van der Waals surface area contributed by atoms with Gasteiger partial charge in [-0.3, -0.25) is 9.36 Å². The van der Waals surface area contributed by atoms with Gasteiger partial charge in [0, 0.05) is 61.3 Å². The molecule has 1 saturated carbocycles. The van der Waals surface area contributed by atoms with Crippen molar-refractivity contribution in [2.24, 2.45) is 0 Å². The van der Waals surface area contributed by atoms with Crippen LogP contribution < -0.4 is 15.8 Å². The van der Waals surface area contributed by atoms with Crippen LogP contribution in [-0.2, 0) is 10.0 Å². The third-order valence-electron chi connectivity index (χ3n) is 8.86. The number of terminal acetylenes is 1. The molecule has 0 bridgehead atoms. The summed E-state index contributed by atoms with van der Waals surface area (Å²) < 4.78 is 30.7. The van der Waals surface area contributed by atoms with Crippen molar-refractivity contribution in [2.45, 2.75) is 61.6 Å². The number of nitrogens with one attached hydrogen (secondary N) is 1. The normalized spacial score (nSPS) is 21.7. The second-order valence-corrected chi connectivity index (χ2v) is 13.9. The molecule has 2 aromatic carbocycles. The SMILES string of the molecule is C#Cc1cc2cnc(NC3CCN(S(=O)(=O)c4cccc5c(N(C)C)cccc45)CC3)nc2n([C@@H]2CCC[C@@]2(C)O)c1=O. The van der Waals surface area contributed by atoms with E-state index in [1.807, 2.05) is 43.3 Å². The van der Waals surface area contributed by atoms with Gasteiger partial charge in [-0.1, -0.05) is 30.2 Å². The molecule has 10 nitrogen and oxygen atoms in total. The first-order chi connectivity index (χ1) is 20.5. The predicted molar refractivity (Wildman–Crippen MR) is 169 cm³/mol. The first-order valence-electron chi connectivity index (χ1n) is 14.6. The Bertz CT molecular complexity index is 1920. The summed E-state index contributed by atoms with van der Waals surface area (Å²) in [6, 6.07) is 12.3. The van der Waals surface area contributed by atoms with Crippen molar-refractivity contribution in [1.82, 2.24) is 18.8 Å². The summed E-state index contributed by atoms with van der Waals surface area (Å²) >= 11 is 0. The monoisotopic (exact) mass is 600 g/mol. The van der Waals surface area contributed by atoms with E-state index in [2.05, 4.69) is 16.2 Å². The second kappa shape index (κ2) is 10.9. The first kappa shape index (κ1) is 29.1. The largest absolute Gasteiger partial charge is 0.388 e. The Kier molecular flexibility index (Phi) is 7.40. The Balaban J connectivity index is 1.24. The van der Waals surface area contributed by atoms with Crippen LogP contribution in [0.15, 0.2) is 58.4 Å². The van der Waals surface area contributed by atoms with Crippen molar-refractivity contribution in [3.8, 4) is 12.3 Å². The highest BCUT2D eigenvalue weighted by molar-refractivity contribution is 7.89. The molecule has 3 heterocycles. The molecule has 2 aliphatic rings. The van der Waals surface area contributed by atoms with Gasteiger partial charge < -0.3 is 15.3 Å². The number of fused-ring (bicyclic) bond motifs is 2. The third kappa shape index (κ3) is 5.13. The maximum Gasteiger partial charge on any atom is 0.268 e. The Labute approximate surface area is 251 Å². The van der Waals surface area contributed by atoms with Gasteiger partial charge in [0.1, 0.15) is 5.65 Å². The number of piperidine rings is 1. The van der Waals surface area contributed by atoms with Crippen molar-refractivity contribution in [2.75, 3.05) is 37.4 Å². The van der Waals surface area contributed by atoms with E-state index in [1.54, 1.807) is 35.6 Å². The summed E-state index contributed by atoms with van der Waals surface area (Å²) in [6.07, 6.45) is 10.4. The number of sulfonamides is 1. The van der Waals surface area contributed by atoms with Crippen LogP contribution in [0.5, 0.6) is 0 Å². The topological polar surface area (TPSA) is 121 Å². The van der Waals surface area contributed by atoms with Crippen LogP contribution in [0.4, 0.5) is 11.6 Å². The highest BCUT2D eigenvalue weighted by Crippen LogP contribution is 2.39. The fourth-order valence-corrected chi connectivity index (χ4v) is 8.24. The van der Waals surface area contributed by atoms with Crippen molar-refractivity contribution < 1.29 is 13.5 Å². The van der Waals surface area contributed by atoms with E-state index >= 15 is 0 Å². The number of hydrogen-bond donors (Lipinski definition) is 2. The molecule has 0 amide bonds. The van der Waals surface area contributed by atoms with Crippen LogP contribution in [0.1, 0.15) is 50.6 Å². The van der Waals surface area contributed by atoms with Gasteiger partial charge in [-0.15, -0.1) is 6.42 Å². The van der Waals surface area contributed by atoms with Crippen molar-refractivity contribution in [3.63, 3.8) is 0 Å². The molecule has 0 radical (unpaired) electrons. The summed E-state index contributed by atoms with van der Waals surface area (Å²) in [5.74, 6) is 2.81. The summed E-state index contributed by atoms with van der Waals surface area (Å²) in [5, 5.41) is 16.6. The Morgan fingerprint density at radius 1 is 1.12 bits per heavy atom. The van der Waals surface area contributed by atoms with E-state index in [0.29, 0.717) is 66.0 Å². The highest BCUT2D eigenvalue weighted by atomic mass is 32.2. The Hall–Kier alpha value is -3.98. The molecule has 1 saturated heterocycles. The van der Waals surface area contributed by atoms with Crippen LogP contribution in [0.25, 0.3) is 21.8 Å². The number of anilines is 2. The average molecular weight is 601 g/mol. The zero-order chi connectivity index (χ0) is 30.5. The molecule has 1 aliphatic heterocycles. The van der Waals surface area contributed by atoms with Gasteiger partial charge in [-0.05, 0) is 57.2 Å². The Morgan fingerprint density at radius 2 is 1.84 bits per heavy atom. The van der Waals surface area contributed by atoms with Gasteiger partial charge in [0.05, 0.1) is 22.1 Å². The minimum absolute atomic E-state index is 0.0588. The fraction of sp³-hybridized carbons (Fsp3) is 0.406. The van der Waals surface area contributed by atoms with Crippen LogP contribution in [0, 0.1) is 12.3 Å². The first-order valence-corrected chi connectivity index (χ1v) is 16.0. The van der Waals surface area contributed by atoms with E-state index in [4.69, 9.17) is 11.4 Å². The molecule has 2 fully saturated rings. The molecular weight excluding hydrogens is 564 g/mol.